The number of benzene rings is 1. The lowest BCUT2D eigenvalue weighted by Crippen LogP contribution is -2.36. The van der Waals surface area contributed by atoms with Crippen LogP contribution < -0.4 is 5.73 Å². The second-order valence-electron chi connectivity index (χ2n) is 4.59. The van der Waals surface area contributed by atoms with Crippen LogP contribution in [-0.4, -0.2) is 30.7 Å². The molecule has 1 aromatic carbocycles. The number of halogens is 3. The normalized spacial score (nSPS) is 13.2. The molecule has 20 heavy (non-hydrogen) atoms. The third-order valence-corrected chi connectivity index (χ3v) is 2.92. The molecule has 0 heterocycles. The maximum Gasteiger partial charge on any atom is 0.405 e. The summed E-state index contributed by atoms with van der Waals surface area (Å²) in [6.45, 7) is 0.915. The smallest absolute Gasteiger partial charge is 0.330 e. The zero-order valence-electron chi connectivity index (χ0n) is 11.1. The highest BCUT2D eigenvalue weighted by atomic mass is 19.4. The zero-order valence-corrected chi connectivity index (χ0v) is 11.1. The second kappa shape index (κ2) is 7.88. The van der Waals surface area contributed by atoms with Gasteiger partial charge in [0.25, 0.3) is 0 Å². The van der Waals surface area contributed by atoms with Crippen molar-refractivity contribution >= 4 is 0 Å². The Morgan fingerprint density at radius 3 is 2.40 bits per heavy atom. The summed E-state index contributed by atoms with van der Waals surface area (Å²) in [7, 11) is 0. The van der Waals surface area contributed by atoms with Crippen molar-refractivity contribution in [1.29, 1.82) is 5.26 Å². The molecule has 0 aliphatic carbocycles. The zero-order chi connectivity index (χ0) is 15.0. The highest BCUT2D eigenvalue weighted by molar-refractivity contribution is 5.14. The van der Waals surface area contributed by atoms with Crippen LogP contribution in [0, 0.1) is 17.2 Å². The van der Waals surface area contributed by atoms with Gasteiger partial charge in [-0.05, 0) is 25.1 Å². The van der Waals surface area contributed by atoms with Gasteiger partial charge in [-0.1, -0.05) is 30.3 Å². The molecule has 1 unspecified atom stereocenters. The number of rotatable bonds is 7. The Kier molecular flexibility index (Phi) is 6.49. The van der Waals surface area contributed by atoms with Crippen LogP contribution >= 0.6 is 0 Å². The largest absolute Gasteiger partial charge is 0.405 e. The summed E-state index contributed by atoms with van der Waals surface area (Å²) in [6, 6.07) is 10.6. The van der Waals surface area contributed by atoms with E-state index in [-0.39, 0.29) is 6.54 Å². The molecule has 0 radical (unpaired) electrons. The van der Waals surface area contributed by atoms with E-state index in [9.17, 15) is 13.2 Å². The molecular formula is C14H18F3N3. The summed E-state index contributed by atoms with van der Waals surface area (Å²) >= 11 is 0. The number of nitrogens with two attached hydrogens (primary N) is 1. The molecule has 1 atom stereocenters. The third kappa shape index (κ3) is 5.59. The standard InChI is InChI=1S/C14H18F3N3/c15-14(16,17)13(9-19)11-20(8-4-7-18)10-12-5-2-1-3-6-12/h1-3,5-6,13H,4,7-8,10-11,18H2. The third-order valence-electron chi connectivity index (χ3n) is 2.92. The predicted octanol–water partition coefficient (Wildman–Crippen LogP) is 2.54. The molecule has 2 N–H and O–H groups in total. The van der Waals surface area contributed by atoms with Crippen molar-refractivity contribution < 1.29 is 13.2 Å². The monoisotopic (exact) mass is 285 g/mol. The van der Waals surface area contributed by atoms with Gasteiger partial charge in [-0.25, -0.2) is 0 Å². The molecule has 0 aliphatic rings. The molecular weight excluding hydrogens is 267 g/mol. The summed E-state index contributed by atoms with van der Waals surface area (Å²) in [5.74, 6) is -1.97. The van der Waals surface area contributed by atoms with Gasteiger partial charge >= 0.3 is 6.18 Å². The Balaban J connectivity index is 2.71. The van der Waals surface area contributed by atoms with E-state index in [2.05, 4.69) is 0 Å². The Labute approximate surface area is 116 Å². The molecule has 0 saturated carbocycles. The minimum atomic E-state index is -4.49. The van der Waals surface area contributed by atoms with Crippen LogP contribution in [0.5, 0.6) is 0 Å². The topological polar surface area (TPSA) is 53.0 Å². The lowest BCUT2D eigenvalue weighted by Gasteiger charge is -2.25. The van der Waals surface area contributed by atoms with Crippen molar-refractivity contribution in [3.63, 3.8) is 0 Å². The average Bonchev–Trinajstić information content (AvgIpc) is 2.41. The van der Waals surface area contributed by atoms with E-state index in [4.69, 9.17) is 11.0 Å². The first-order valence-electron chi connectivity index (χ1n) is 6.40. The van der Waals surface area contributed by atoms with Crippen molar-refractivity contribution in [3.05, 3.63) is 35.9 Å². The molecule has 0 fully saturated rings. The predicted molar refractivity (Wildman–Crippen MR) is 70.5 cm³/mol. The second-order valence-corrected chi connectivity index (χ2v) is 4.59. The summed E-state index contributed by atoms with van der Waals surface area (Å²) in [5, 5.41) is 8.68. The van der Waals surface area contributed by atoms with E-state index < -0.39 is 12.1 Å². The van der Waals surface area contributed by atoms with Crippen LogP contribution in [0.15, 0.2) is 30.3 Å². The molecule has 0 aromatic heterocycles. The van der Waals surface area contributed by atoms with Crippen LogP contribution in [-0.2, 0) is 6.54 Å². The summed E-state index contributed by atoms with van der Waals surface area (Å²) in [6.07, 6.45) is -3.89. The van der Waals surface area contributed by atoms with Crippen LogP contribution in [0.2, 0.25) is 0 Å². The Morgan fingerprint density at radius 1 is 1.25 bits per heavy atom. The first-order chi connectivity index (χ1) is 9.47. The fourth-order valence-electron chi connectivity index (χ4n) is 1.87. The lowest BCUT2D eigenvalue weighted by atomic mass is 10.1. The van der Waals surface area contributed by atoms with Gasteiger partial charge in [0.1, 0.15) is 0 Å². The van der Waals surface area contributed by atoms with E-state index >= 15 is 0 Å². The van der Waals surface area contributed by atoms with Crippen LogP contribution in [0.3, 0.4) is 0 Å². The van der Waals surface area contributed by atoms with Crippen molar-refractivity contribution in [2.24, 2.45) is 11.7 Å². The number of nitriles is 1. The quantitative estimate of drug-likeness (QED) is 0.837. The van der Waals surface area contributed by atoms with E-state index in [1.165, 1.54) is 6.07 Å². The number of hydrogen-bond donors (Lipinski definition) is 1. The SMILES string of the molecule is N#CC(CN(CCCN)Cc1ccccc1)C(F)(F)F. The highest BCUT2D eigenvalue weighted by Crippen LogP contribution is 2.26. The van der Waals surface area contributed by atoms with Gasteiger partial charge in [0.2, 0.25) is 0 Å². The van der Waals surface area contributed by atoms with Gasteiger partial charge in [-0.3, -0.25) is 4.90 Å². The van der Waals surface area contributed by atoms with Gasteiger partial charge in [0.15, 0.2) is 5.92 Å². The van der Waals surface area contributed by atoms with Gasteiger partial charge < -0.3 is 5.73 Å². The van der Waals surface area contributed by atoms with Crippen molar-refractivity contribution in [2.45, 2.75) is 19.1 Å². The van der Waals surface area contributed by atoms with Crippen LogP contribution in [0.4, 0.5) is 13.2 Å². The molecule has 1 aromatic rings. The molecule has 110 valence electrons. The molecule has 0 spiro atoms. The first-order valence-corrected chi connectivity index (χ1v) is 6.40. The number of hydrogen-bond acceptors (Lipinski definition) is 3. The van der Waals surface area contributed by atoms with Gasteiger partial charge in [0.05, 0.1) is 6.07 Å². The van der Waals surface area contributed by atoms with E-state index in [0.29, 0.717) is 26.1 Å². The summed E-state index contributed by atoms with van der Waals surface area (Å²) in [5.41, 5.74) is 6.33. The summed E-state index contributed by atoms with van der Waals surface area (Å²) in [4.78, 5) is 1.63. The van der Waals surface area contributed by atoms with Crippen LogP contribution in [0.25, 0.3) is 0 Å². The van der Waals surface area contributed by atoms with Crippen molar-refractivity contribution in [3.8, 4) is 6.07 Å². The molecule has 0 amide bonds. The Bertz CT molecular complexity index is 426. The maximum atomic E-state index is 12.7. The maximum absolute atomic E-state index is 12.7. The fourth-order valence-corrected chi connectivity index (χ4v) is 1.87. The minimum absolute atomic E-state index is 0.325. The highest BCUT2D eigenvalue weighted by Gasteiger charge is 2.40. The van der Waals surface area contributed by atoms with Gasteiger partial charge in [0, 0.05) is 13.1 Å². The van der Waals surface area contributed by atoms with E-state index in [1.807, 2.05) is 30.3 Å². The molecule has 1 rings (SSSR count). The molecule has 6 heteroatoms. The minimum Gasteiger partial charge on any atom is -0.330 e. The molecule has 0 saturated heterocycles. The average molecular weight is 285 g/mol. The van der Waals surface area contributed by atoms with Crippen LogP contribution in [0.1, 0.15) is 12.0 Å². The summed E-state index contributed by atoms with van der Waals surface area (Å²) < 4.78 is 38.0. The fraction of sp³-hybridized carbons (Fsp3) is 0.500. The van der Waals surface area contributed by atoms with Crippen molar-refractivity contribution in [2.75, 3.05) is 19.6 Å². The molecule has 0 aliphatic heterocycles. The Hall–Kier alpha value is -1.58. The Morgan fingerprint density at radius 2 is 1.90 bits per heavy atom. The lowest BCUT2D eigenvalue weighted by molar-refractivity contribution is -0.163. The van der Waals surface area contributed by atoms with E-state index in [0.717, 1.165) is 5.56 Å². The van der Waals surface area contributed by atoms with E-state index in [1.54, 1.807) is 4.90 Å². The number of alkyl halides is 3. The first kappa shape index (κ1) is 16.5. The molecule has 0 bridgehead atoms. The molecule has 3 nitrogen and oxygen atoms in total. The van der Waals surface area contributed by atoms with Gasteiger partial charge in [-0.15, -0.1) is 0 Å². The van der Waals surface area contributed by atoms with Gasteiger partial charge in [-0.2, -0.15) is 18.4 Å². The number of nitrogens with zero attached hydrogens (tertiary/aromatic N) is 2. The van der Waals surface area contributed by atoms with Crippen molar-refractivity contribution in [1.82, 2.24) is 4.90 Å².